The Hall–Kier alpha value is -2.81. The fourth-order valence-corrected chi connectivity index (χ4v) is 2.21. The summed E-state index contributed by atoms with van der Waals surface area (Å²) in [5.74, 6) is -1.86. The molecule has 140 valence electrons. The molecule has 9 heteroatoms. The molecule has 0 saturated carbocycles. The molecule has 6 N–H and O–H groups in total. The van der Waals surface area contributed by atoms with Gasteiger partial charge in [0, 0.05) is 24.7 Å². The van der Waals surface area contributed by atoms with Gasteiger partial charge in [0.1, 0.15) is 5.82 Å². The van der Waals surface area contributed by atoms with E-state index in [1.807, 2.05) is 19.1 Å². The molecule has 0 fully saturated rings. The number of aromatic nitrogens is 1. The highest BCUT2D eigenvalue weighted by molar-refractivity contribution is 5.98. The van der Waals surface area contributed by atoms with E-state index >= 15 is 0 Å². The van der Waals surface area contributed by atoms with Crippen molar-refractivity contribution in [1.29, 1.82) is 0 Å². The Labute approximate surface area is 148 Å². The summed E-state index contributed by atoms with van der Waals surface area (Å²) >= 11 is 0. The summed E-state index contributed by atoms with van der Waals surface area (Å²) in [4.78, 5) is 15.6. The molecular weight excluding hydrogens is 347 g/mol. The molecule has 1 aromatic heterocycles. The maximum absolute atomic E-state index is 14.1. The first kappa shape index (κ1) is 19.5. The van der Waals surface area contributed by atoms with Crippen molar-refractivity contribution in [3.05, 3.63) is 47.3 Å². The molecule has 1 heterocycles. The number of nitrogens with one attached hydrogen (secondary N) is 2. The number of rotatable bonds is 8. The predicted molar refractivity (Wildman–Crippen MR) is 94.3 cm³/mol. The van der Waals surface area contributed by atoms with Crippen LogP contribution < -0.4 is 22.1 Å². The monoisotopic (exact) mass is 367 g/mol. The second kappa shape index (κ2) is 8.52. The third-order valence-electron chi connectivity index (χ3n) is 3.57. The van der Waals surface area contributed by atoms with Crippen molar-refractivity contribution in [2.75, 3.05) is 17.2 Å². The van der Waals surface area contributed by atoms with E-state index in [-0.39, 0.29) is 23.7 Å². The van der Waals surface area contributed by atoms with Crippen LogP contribution in [-0.2, 0) is 0 Å². The lowest BCUT2D eigenvalue weighted by Crippen LogP contribution is -2.31. The van der Waals surface area contributed by atoms with Crippen LogP contribution in [0.25, 0.3) is 0 Å². The van der Waals surface area contributed by atoms with E-state index in [4.69, 9.17) is 11.5 Å². The van der Waals surface area contributed by atoms with Crippen LogP contribution in [-0.4, -0.2) is 29.9 Å². The first-order valence-electron chi connectivity index (χ1n) is 7.88. The molecule has 0 unspecified atom stereocenters. The first-order chi connectivity index (χ1) is 12.3. The van der Waals surface area contributed by atoms with Gasteiger partial charge in [-0.25, -0.2) is 18.2 Å². The van der Waals surface area contributed by atoms with Crippen molar-refractivity contribution < 1.29 is 18.0 Å². The minimum atomic E-state index is -2.55. The van der Waals surface area contributed by atoms with Gasteiger partial charge in [-0.2, -0.15) is 0 Å². The zero-order valence-electron chi connectivity index (χ0n) is 14.1. The quantitative estimate of drug-likeness (QED) is 0.574. The summed E-state index contributed by atoms with van der Waals surface area (Å²) in [6.45, 7) is 1.81. The smallest absolute Gasteiger partial charge is 0.252 e. The molecular formula is C17H20F3N5O. The summed E-state index contributed by atoms with van der Waals surface area (Å²) in [6.07, 6.45) is -3.08. The van der Waals surface area contributed by atoms with Gasteiger partial charge in [0.25, 0.3) is 5.91 Å². The number of nitrogens with two attached hydrogens (primary N) is 2. The van der Waals surface area contributed by atoms with E-state index in [0.29, 0.717) is 5.69 Å². The standard InChI is InChI=1S/C17H20F3N5O/c1-9-2-4-11(5-3-9)24-16-12(15(22)26)7-13(18)17(25-16)23-8-10(21)6-14(19)20/h2-5,7,10,14H,6,8,21H2,1H3,(H2,22,26)(H2,23,24,25)/t10-/m0/s1. The molecule has 1 atom stereocenters. The summed E-state index contributed by atoms with van der Waals surface area (Å²) in [6, 6.07) is 7.28. The number of aryl methyl sites for hydroxylation is 1. The van der Waals surface area contributed by atoms with Crippen LogP contribution in [0.2, 0.25) is 0 Å². The molecule has 0 radical (unpaired) electrons. The van der Waals surface area contributed by atoms with Crippen molar-refractivity contribution in [3.8, 4) is 0 Å². The number of hydrogen-bond acceptors (Lipinski definition) is 5. The number of pyridine rings is 1. The maximum Gasteiger partial charge on any atom is 0.252 e. The molecule has 1 amide bonds. The number of benzene rings is 1. The minimum Gasteiger partial charge on any atom is -0.366 e. The van der Waals surface area contributed by atoms with Gasteiger partial charge < -0.3 is 22.1 Å². The largest absolute Gasteiger partial charge is 0.366 e. The summed E-state index contributed by atoms with van der Waals surface area (Å²) in [5, 5.41) is 5.48. The van der Waals surface area contributed by atoms with Gasteiger partial charge in [0.15, 0.2) is 11.6 Å². The molecule has 0 saturated heterocycles. The Balaban J connectivity index is 2.24. The lowest BCUT2D eigenvalue weighted by Gasteiger charge is -2.16. The number of nitrogens with zero attached hydrogens (tertiary/aromatic N) is 1. The van der Waals surface area contributed by atoms with Crippen LogP contribution in [0.4, 0.5) is 30.5 Å². The Kier molecular flexibility index (Phi) is 6.40. The normalized spacial score (nSPS) is 12.1. The number of carbonyl (C=O) groups is 1. The lowest BCUT2D eigenvalue weighted by atomic mass is 10.2. The van der Waals surface area contributed by atoms with Gasteiger partial charge in [0.05, 0.1) is 5.56 Å². The average Bonchev–Trinajstić information content (AvgIpc) is 2.56. The van der Waals surface area contributed by atoms with E-state index in [1.165, 1.54) is 0 Å². The average molecular weight is 367 g/mol. The fourth-order valence-electron chi connectivity index (χ4n) is 2.21. The van der Waals surface area contributed by atoms with E-state index in [2.05, 4.69) is 15.6 Å². The zero-order valence-corrected chi connectivity index (χ0v) is 14.1. The van der Waals surface area contributed by atoms with E-state index in [0.717, 1.165) is 11.6 Å². The Morgan fingerprint density at radius 1 is 1.23 bits per heavy atom. The van der Waals surface area contributed by atoms with Crippen LogP contribution in [0.3, 0.4) is 0 Å². The number of alkyl halides is 2. The van der Waals surface area contributed by atoms with Crippen molar-refractivity contribution in [2.45, 2.75) is 25.8 Å². The number of anilines is 3. The third-order valence-corrected chi connectivity index (χ3v) is 3.57. The zero-order chi connectivity index (χ0) is 19.3. The molecule has 0 aliphatic rings. The Morgan fingerprint density at radius 2 is 1.88 bits per heavy atom. The van der Waals surface area contributed by atoms with E-state index in [1.54, 1.807) is 12.1 Å². The Morgan fingerprint density at radius 3 is 2.46 bits per heavy atom. The van der Waals surface area contributed by atoms with Crippen molar-refractivity contribution >= 4 is 23.2 Å². The van der Waals surface area contributed by atoms with Crippen molar-refractivity contribution in [1.82, 2.24) is 4.98 Å². The summed E-state index contributed by atoms with van der Waals surface area (Å²) in [5.41, 5.74) is 12.3. The fraction of sp³-hybridized carbons (Fsp3) is 0.294. The second-order valence-corrected chi connectivity index (χ2v) is 5.84. The van der Waals surface area contributed by atoms with E-state index < -0.39 is 30.6 Å². The molecule has 2 rings (SSSR count). The molecule has 26 heavy (non-hydrogen) atoms. The molecule has 0 bridgehead atoms. The van der Waals surface area contributed by atoms with E-state index in [9.17, 15) is 18.0 Å². The lowest BCUT2D eigenvalue weighted by molar-refractivity contribution is 0.1000. The number of primary amides is 1. The maximum atomic E-state index is 14.1. The van der Waals surface area contributed by atoms with Crippen molar-refractivity contribution in [3.63, 3.8) is 0 Å². The van der Waals surface area contributed by atoms with Crippen LogP contribution >= 0.6 is 0 Å². The van der Waals surface area contributed by atoms with Gasteiger partial charge in [-0.15, -0.1) is 0 Å². The molecule has 2 aromatic rings. The van der Waals surface area contributed by atoms with Crippen LogP contribution in [0.1, 0.15) is 22.3 Å². The minimum absolute atomic E-state index is 0.0488. The van der Waals surface area contributed by atoms with Crippen LogP contribution in [0, 0.1) is 12.7 Å². The number of hydrogen-bond donors (Lipinski definition) is 4. The summed E-state index contributed by atoms with van der Waals surface area (Å²) in [7, 11) is 0. The van der Waals surface area contributed by atoms with Crippen molar-refractivity contribution in [2.24, 2.45) is 11.5 Å². The van der Waals surface area contributed by atoms with Gasteiger partial charge in [-0.1, -0.05) is 17.7 Å². The van der Waals surface area contributed by atoms with Gasteiger partial charge in [0.2, 0.25) is 6.43 Å². The highest BCUT2D eigenvalue weighted by Crippen LogP contribution is 2.24. The van der Waals surface area contributed by atoms with Gasteiger partial charge in [-0.3, -0.25) is 4.79 Å². The SMILES string of the molecule is Cc1ccc(Nc2nc(NC[C@@H](N)CC(F)F)c(F)cc2C(N)=O)cc1. The molecule has 0 aliphatic carbocycles. The number of amides is 1. The first-order valence-corrected chi connectivity index (χ1v) is 7.88. The predicted octanol–water partition coefficient (Wildman–Crippen LogP) is 2.77. The molecule has 0 aliphatic heterocycles. The van der Waals surface area contributed by atoms with Crippen LogP contribution in [0.15, 0.2) is 30.3 Å². The topological polar surface area (TPSA) is 106 Å². The molecule has 0 spiro atoms. The highest BCUT2D eigenvalue weighted by Gasteiger charge is 2.17. The molecule has 6 nitrogen and oxygen atoms in total. The van der Waals surface area contributed by atoms with Gasteiger partial charge in [-0.05, 0) is 25.1 Å². The number of halogens is 3. The third kappa shape index (κ3) is 5.35. The van der Waals surface area contributed by atoms with Crippen LogP contribution in [0.5, 0.6) is 0 Å². The highest BCUT2D eigenvalue weighted by atomic mass is 19.3. The second-order valence-electron chi connectivity index (χ2n) is 5.84. The Bertz CT molecular complexity index is 768. The molecule has 1 aromatic carbocycles. The summed E-state index contributed by atoms with van der Waals surface area (Å²) < 4.78 is 38.8. The van der Waals surface area contributed by atoms with Gasteiger partial charge >= 0.3 is 0 Å². The number of carbonyl (C=O) groups excluding carboxylic acids is 1.